The quantitative estimate of drug-likeness (QED) is 0.0703. The lowest BCUT2D eigenvalue weighted by molar-refractivity contribution is -0.139. The number of aromatic nitrogens is 4. The lowest BCUT2D eigenvalue weighted by atomic mass is 9.79. The third-order valence-electron chi connectivity index (χ3n) is 12.5. The first-order chi connectivity index (χ1) is 31.1. The molecule has 6 rings (SSSR count). The third-order valence-corrected chi connectivity index (χ3v) is 13.5. The van der Waals surface area contributed by atoms with Crippen molar-refractivity contribution >= 4 is 58.2 Å². The number of rotatable bonds is 17. The second-order valence-corrected chi connectivity index (χ2v) is 18.3. The van der Waals surface area contributed by atoms with Gasteiger partial charge in [-0.25, -0.2) is 19.6 Å². The topological polar surface area (TPSA) is 170 Å². The van der Waals surface area contributed by atoms with E-state index in [0.717, 1.165) is 78.7 Å². The van der Waals surface area contributed by atoms with Crippen molar-refractivity contribution < 1.29 is 28.7 Å². The summed E-state index contributed by atoms with van der Waals surface area (Å²) in [5, 5.41) is 5.51. The average Bonchev–Trinajstić information content (AvgIpc) is 4.08. The van der Waals surface area contributed by atoms with Gasteiger partial charge in [0.05, 0.1) is 73.5 Å². The number of hydrogen-bond donors (Lipinski definition) is 3. The number of carbonyl (C=O) groups excluding carboxylic acids is 4. The van der Waals surface area contributed by atoms with E-state index in [4.69, 9.17) is 14.5 Å². The minimum Gasteiger partial charge on any atom is -0.453 e. The lowest BCUT2D eigenvalue weighted by Gasteiger charge is -2.41. The number of likely N-dealkylation sites (tertiary alicyclic amines) is 1. The van der Waals surface area contributed by atoms with Gasteiger partial charge in [-0.05, 0) is 73.4 Å². The highest BCUT2D eigenvalue weighted by molar-refractivity contribution is 14.1. The molecule has 16 nitrogen and oxygen atoms in total. The van der Waals surface area contributed by atoms with E-state index >= 15 is 0 Å². The molecule has 4 heterocycles. The number of anilines is 2. The molecular weight excluding hydrogens is 939 g/mol. The number of ether oxygens (including phenoxy) is 2. The van der Waals surface area contributed by atoms with Crippen LogP contribution in [0.25, 0.3) is 22.5 Å². The van der Waals surface area contributed by atoms with E-state index in [1.54, 1.807) is 24.1 Å². The number of hydrogen-bond acceptors (Lipinski definition) is 10. The fraction of sp³-hybridized carbons (Fsp3) is 0.458. The number of nitrogens with zero attached hydrogens (tertiary/aromatic N) is 7. The van der Waals surface area contributed by atoms with E-state index in [0.29, 0.717) is 30.9 Å². The zero-order valence-corrected chi connectivity index (χ0v) is 40.8. The first-order valence-corrected chi connectivity index (χ1v) is 23.2. The van der Waals surface area contributed by atoms with Gasteiger partial charge >= 0.3 is 12.2 Å². The van der Waals surface area contributed by atoms with Gasteiger partial charge in [0.1, 0.15) is 23.2 Å². The Labute approximate surface area is 396 Å². The Bertz CT molecular complexity index is 2320. The zero-order chi connectivity index (χ0) is 47.0. The molecule has 4 aromatic rings. The Balaban J connectivity index is 1.06. The van der Waals surface area contributed by atoms with E-state index in [1.165, 1.54) is 14.2 Å². The standard InChI is InChI=1S/C48H63IN10O6/c1-10-11-22-57(44(60)42(31(2)3)53-46(62)64-8)30-41-50-28-38(52-41)34-14-18-36(19-15-34)55-24-26-56(27-25-55)37-20-16-35(17-21-37)40-29-51-43(59(40)49)39-13-12-23-58(39)45(61)48(32(4)5,33(6)7)54-47(63)65-9/h10,14-21,28-29,31,33,39,42H,1,4,11-13,22-27,30H2,2-3,5-9H3,(H,50,52)(H,53,62)(H,54,63)/t39-,42-,48-/m0/s1. The molecule has 2 fully saturated rings. The number of imidazole rings is 2. The summed E-state index contributed by atoms with van der Waals surface area (Å²) in [4.78, 5) is 73.6. The van der Waals surface area contributed by atoms with Crippen molar-refractivity contribution in [1.29, 1.82) is 0 Å². The molecule has 3 atom stereocenters. The minimum atomic E-state index is -1.31. The van der Waals surface area contributed by atoms with Gasteiger partial charge in [-0.2, -0.15) is 0 Å². The van der Waals surface area contributed by atoms with Crippen LogP contribution >= 0.6 is 22.9 Å². The highest BCUT2D eigenvalue weighted by atomic mass is 127. The summed E-state index contributed by atoms with van der Waals surface area (Å²) in [6.45, 7) is 22.0. The summed E-state index contributed by atoms with van der Waals surface area (Å²) in [7, 11) is 2.57. The molecule has 348 valence electrons. The molecule has 0 bridgehead atoms. The average molecular weight is 1000 g/mol. The summed E-state index contributed by atoms with van der Waals surface area (Å²) in [5.74, 6) is 0.611. The first kappa shape index (κ1) is 48.6. The fourth-order valence-corrected chi connectivity index (χ4v) is 9.65. The highest BCUT2D eigenvalue weighted by Gasteiger charge is 2.49. The number of carbonyl (C=O) groups is 4. The smallest absolute Gasteiger partial charge is 0.407 e. The van der Waals surface area contributed by atoms with E-state index in [2.05, 4.69) is 115 Å². The number of methoxy groups -OCH3 is 2. The monoisotopic (exact) mass is 1000 g/mol. The first-order valence-electron chi connectivity index (χ1n) is 22.2. The van der Waals surface area contributed by atoms with Crippen LogP contribution in [0, 0.1) is 11.8 Å². The van der Waals surface area contributed by atoms with Crippen LogP contribution in [0.2, 0.25) is 0 Å². The minimum absolute atomic E-state index is 0.141. The van der Waals surface area contributed by atoms with Gasteiger partial charge in [0.25, 0.3) is 5.91 Å². The Morgan fingerprint density at radius 2 is 1.51 bits per heavy atom. The molecule has 2 saturated heterocycles. The number of benzene rings is 2. The third kappa shape index (κ3) is 10.7. The van der Waals surface area contributed by atoms with Gasteiger partial charge in [0.2, 0.25) is 5.91 Å². The molecule has 17 heteroatoms. The summed E-state index contributed by atoms with van der Waals surface area (Å²) in [5.41, 5.74) is 5.34. The maximum Gasteiger partial charge on any atom is 0.407 e. The fourth-order valence-electron chi connectivity index (χ4n) is 8.80. The van der Waals surface area contributed by atoms with Crippen LogP contribution in [-0.2, 0) is 25.6 Å². The number of nitrogens with one attached hydrogen (secondary N) is 3. The van der Waals surface area contributed by atoms with Crippen LogP contribution in [-0.4, -0.2) is 117 Å². The number of piperazine rings is 1. The van der Waals surface area contributed by atoms with Crippen LogP contribution in [0.5, 0.6) is 0 Å². The molecule has 0 saturated carbocycles. The van der Waals surface area contributed by atoms with Gasteiger partial charge in [-0.3, -0.25) is 12.4 Å². The molecule has 0 unspecified atom stereocenters. The van der Waals surface area contributed by atoms with Crippen LogP contribution in [0.15, 0.2) is 85.7 Å². The molecule has 0 spiro atoms. The zero-order valence-electron chi connectivity index (χ0n) is 38.6. The summed E-state index contributed by atoms with van der Waals surface area (Å²) in [6.07, 6.45) is 6.27. The van der Waals surface area contributed by atoms with E-state index in [9.17, 15) is 19.2 Å². The molecule has 0 radical (unpaired) electrons. The van der Waals surface area contributed by atoms with Crippen LogP contribution in [0.4, 0.5) is 21.0 Å². The molecular formula is C48H63IN10O6. The number of alkyl carbamates (subject to hydrolysis) is 2. The van der Waals surface area contributed by atoms with Gasteiger partial charge in [0.15, 0.2) is 0 Å². The van der Waals surface area contributed by atoms with Gasteiger partial charge < -0.3 is 44.7 Å². The van der Waals surface area contributed by atoms with Gasteiger partial charge in [0, 0.05) is 56.2 Å². The van der Waals surface area contributed by atoms with Crippen molar-refractivity contribution in [3.63, 3.8) is 0 Å². The maximum atomic E-state index is 14.4. The second-order valence-electron chi connectivity index (χ2n) is 17.3. The lowest BCUT2D eigenvalue weighted by Crippen LogP contribution is -2.63. The van der Waals surface area contributed by atoms with Crippen molar-refractivity contribution in [2.75, 3.05) is 63.3 Å². The van der Waals surface area contributed by atoms with Crippen molar-refractivity contribution in [1.82, 2.24) is 38.2 Å². The van der Waals surface area contributed by atoms with Crippen LogP contribution < -0.4 is 20.4 Å². The maximum absolute atomic E-state index is 14.4. The largest absolute Gasteiger partial charge is 0.453 e. The normalized spacial score (nSPS) is 16.5. The molecule has 0 aliphatic carbocycles. The predicted molar refractivity (Wildman–Crippen MR) is 262 cm³/mol. The molecule has 2 aliphatic rings. The molecule has 65 heavy (non-hydrogen) atoms. The number of halogens is 1. The Morgan fingerprint density at radius 3 is 2.05 bits per heavy atom. The molecule has 3 N–H and O–H groups in total. The molecule has 2 aromatic heterocycles. The van der Waals surface area contributed by atoms with Crippen molar-refractivity contribution in [3.8, 4) is 22.5 Å². The predicted octanol–water partition coefficient (Wildman–Crippen LogP) is 7.74. The Kier molecular flexibility index (Phi) is 16.0. The van der Waals surface area contributed by atoms with Crippen LogP contribution in [0.1, 0.15) is 71.6 Å². The number of aromatic amines is 1. The highest BCUT2D eigenvalue weighted by Crippen LogP contribution is 2.39. The SMILES string of the molecule is C=CCCN(Cc1ncc(-c2ccc(N3CCN(c4ccc(-c5cnc([C@@H]6CCCN6C(=O)[C@](NC(=O)OC)(C(=C)C)C(C)C)n5I)cc4)CC3)cc2)[nH]1)C(=O)[C@@H](NC(=O)OC)C(C)C. The summed E-state index contributed by atoms with van der Waals surface area (Å²) < 4.78 is 11.7. The number of H-pyrrole nitrogens is 1. The molecule has 2 aliphatic heterocycles. The van der Waals surface area contributed by atoms with E-state index in [-0.39, 0.29) is 36.2 Å². The van der Waals surface area contributed by atoms with E-state index < -0.39 is 23.8 Å². The molecule has 4 amide bonds. The Morgan fingerprint density at radius 1 is 0.908 bits per heavy atom. The second kappa shape index (κ2) is 21.4. The van der Waals surface area contributed by atoms with Crippen molar-refractivity contribution in [3.05, 3.63) is 97.4 Å². The molecule has 2 aromatic carbocycles. The van der Waals surface area contributed by atoms with Crippen LogP contribution in [0.3, 0.4) is 0 Å². The van der Waals surface area contributed by atoms with Gasteiger partial charge in [-0.1, -0.05) is 64.6 Å². The summed E-state index contributed by atoms with van der Waals surface area (Å²) in [6, 6.07) is 16.0. The van der Waals surface area contributed by atoms with E-state index in [1.807, 2.05) is 41.6 Å². The van der Waals surface area contributed by atoms with Crippen molar-refractivity contribution in [2.24, 2.45) is 11.8 Å². The van der Waals surface area contributed by atoms with Gasteiger partial charge in [-0.15, -0.1) is 6.58 Å². The van der Waals surface area contributed by atoms with Crippen molar-refractivity contribution in [2.45, 2.75) is 78.0 Å². The number of amides is 4. The summed E-state index contributed by atoms with van der Waals surface area (Å²) >= 11 is 2.28. The Hall–Kier alpha value is -5.85.